The molecule has 0 bridgehead atoms. The van der Waals surface area contributed by atoms with Crippen molar-refractivity contribution in [3.8, 4) is 0 Å². The van der Waals surface area contributed by atoms with E-state index in [4.69, 9.17) is 11.6 Å². The molecule has 3 aromatic rings. The molecule has 0 aliphatic carbocycles. The van der Waals surface area contributed by atoms with Gasteiger partial charge in [-0.2, -0.15) is 0 Å². The molecule has 29 heavy (non-hydrogen) atoms. The molecule has 2 aromatic carbocycles. The summed E-state index contributed by atoms with van der Waals surface area (Å²) >= 11 is 7.39. The molecule has 6 heteroatoms. The normalized spacial score (nSPS) is 11.2. The van der Waals surface area contributed by atoms with Crippen molar-refractivity contribution in [1.29, 1.82) is 0 Å². The maximum absolute atomic E-state index is 12.7. The van der Waals surface area contributed by atoms with Gasteiger partial charge in [0.25, 0.3) is 11.8 Å². The highest BCUT2D eigenvalue weighted by molar-refractivity contribution is 7.10. The Hall–Kier alpha value is -2.89. The van der Waals surface area contributed by atoms with Crippen LogP contribution in [0.25, 0.3) is 6.08 Å². The maximum atomic E-state index is 12.7. The average Bonchev–Trinajstić information content (AvgIpc) is 3.22. The van der Waals surface area contributed by atoms with Crippen LogP contribution in [-0.4, -0.2) is 18.4 Å². The van der Waals surface area contributed by atoms with Crippen molar-refractivity contribution in [2.75, 3.05) is 6.54 Å². The molecule has 2 amide bonds. The standard InChI is InChI=1S/C23H21ClN2O2S/c1-16-4-2-5-18(14-16)22(27)26-21(15-20-6-3-13-29-20)23(28)25-12-11-17-7-9-19(24)10-8-17/h2-10,13-15H,11-12H2,1H3,(H,25,28)(H,26,27)/b21-15-. The van der Waals surface area contributed by atoms with Crippen LogP contribution in [0.15, 0.2) is 71.7 Å². The summed E-state index contributed by atoms with van der Waals surface area (Å²) in [5.74, 6) is -0.641. The molecule has 148 valence electrons. The van der Waals surface area contributed by atoms with E-state index < -0.39 is 0 Å². The number of halogens is 1. The van der Waals surface area contributed by atoms with E-state index >= 15 is 0 Å². The van der Waals surface area contributed by atoms with Gasteiger partial charge in [0.15, 0.2) is 0 Å². The second-order valence-corrected chi connectivity index (χ2v) is 7.95. The van der Waals surface area contributed by atoms with Crippen molar-refractivity contribution >= 4 is 40.8 Å². The fourth-order valence-corrected chi connectivity index (χ4v) is 3.50. The van der Waals surface area contributed by atoms with Gasteiger partial charge in [0.05, 0.1) is 0 Å². The molecule has 2 N–H and O–H groups in total. The van der Waals surface area contributed by atoms with Crippen LogP contribution in [0.1, 0.15) is 26.4 Å². The fourth-order valence-electron chi connectivity index (χ4n) is 2.72. The highest BCUT2D eigenvalue weighted by Gasteiger charge is 2.15. The second kappa shape index (κ2) is 10.0. The first-order valence-electron chi connectivity index (χ1n) is 9.17. The lowest BCUT2D eigenvalue weighted by molar-refractivity contribution is -0.117. The maximum Gasteiger partial charge on any atom is 0.267 e. The van der Waals surface area contributed by atoms with Crippen LogP contribution in [0.5, 0.6) is 0 Å². The summed E-state index contributed by atoms with van der Waals surface area (Å²) in [6.45, 7) is 2.37. The number of nitrogens with one attached hydrogen (secondary N) is 2. The lowest BCUT2D eigenvalue weighted by Gasteiger charge is -2.11. The van der Waals surface area contributed by atoms with Crippen molar-refractivity contribution in [1.82, 2.24) is 10.6 Å². The van der Waals surface area contributed by atoms with E-state index in [9.17, 15) is 9.59 Å². The van der Waals surface area contributed by atoms with Crippen LogP contribution in [0.2, 0.25) is 5.02 Å². The molecule has 0 saturated carbocycles. The van der Waals surface area contributed by atoms with E-state index in [-0.39, 0.29) is 17.5 Å². The number of hydrogen-bond acceptors (Lipinski definition) is 3. The fraction of sp³-hybridized carbons (Fsp3) is 0.130. The third-order valence-electron chi connectivity index (χ3n) is 4.22. The van der Waals surface area contributed by atoms with Crippen LogP contribution in [-0.2, 0) is 11.2 Å². The van der Waals surface area contributed by atoms with E-state index in [1.165, 1.54) is 11.3 Å². The minimum Gasteiger partial charge on any atom is -0.350 e. The third-order valence-corrected chi connectivity index (χ3v) is 5.29. The number of rotatable bonds is 7. The summed E-state index contributed by atoms with van der Waals surface area (Å²) in [7, 11) is 0. The second-order valence-electron chi connectivity index (χ2n) is 6.53. The summed E-state index contributed by atoms with van der Waals surface area (Å²) in [5, 5.41) is 8.23. The Balaban J connectivity index is 1.68. The summed E-state index contributed by atoms with van der Waals surface area (Å²) in [6.07, 6.45) is 2.36. The number of aryl methyl sites for hydroxylation is 1. The average molecular weight is 425 g/mol. The highest BCUT2D eigenvalue weighted by Crippen LogP contribution is 2.14. The number of carbonyl (C=O) groups excluding carboxylic acids is 2. The molecule has 4 nitrogen and oxygen atoms in total. The minimum absolute atomic E-state index is 0.218. The Morgan fingerprint density at radius 2 is 1.86 bits per heavy atom. The minimum atomic E-state index is -0.326. The van der Waals surface area contributed by atoms with Gasteiger partial charge in [0, 0.05) is 22.0 Å². The number of thiophene rings is 1. The first kappa shape index (κ1) is 20.8. The largest absolute Gasteiger partial charge is 0.350 e. The van der Waals surface area contributed by atoms with Crippen molar-refractivity contribution in [2.45, 2.75) is 13.3 Å². The van der Waals surface area contributed by atoms with Gasteiger partial charge in [-0.3, -0.25) is 9.59 Å². The van der Waals surface area contributed by atoms with Gasteiger partial charge in [-0.05, 0) is 60.7 Å². The van der Waals surface area contributed by atoms with Crippen molar-refractivity contribution in [3.63, 3.8) is 0 Å². The van der Waals surface area contributed by atoms with E-state index in [1.54, 1.807) is 18.2 Å². The van der Waals surface area contributed by atoms with Crippen LogP contribution in [0.4, 0.5) is 0 Å². The van der Waals surface area contributed by atoms with E-state index in [0.29, 0.717) is 23.6 Å². The summed E-state index contributed by atoms with van der Waals surface area (Å²) in [6, 6.07) is 18.5. The van der Waals surface area contributed by atoms with Gasteiger partial charge >= 0.3 is 0 Å². The molecule has 3 rings (SSSR count). The Morgan fingerprint density at radius 3 is 2.55 bits per heavy atom. The Bertz CT molecular complexity index is 1010. The van der Waals surface area contributed by atoms with E-state index in [0.717, 1.165) is 16.0 Å². The van der Waals surface area contributed by atoms with E-state index in [1.807, 2.05) is 60.8 Å². The molecule has 0 atom stereocenters. The topological polar surface area (TPSA) is 58.2 Å². The molecule has 1 aromatic heterocycles. The van der Waals surface area contributed by atoms with Crippen LogP contribution in [0, 0.1) is 6.92 Å². The molecule has 0 unspecified atom stereocenters. The smallest absolute Gasteiger partial charge is 0.267 e. The Morgan fingerprint density at radius 1 is 1.07 bits per heavy atom. The lowest BCUT2D eigenvalue weighted by Crippen LogP contribution is -2.35. The van der Waals surface area contributed by atoms with Crippen LogP contribution >= 0.6 is 22.9 Å². The highest BCUT2D eigenvalue weighted by atomic mass is 35.5. The van der Waals surface area contributed by atoms with Gasteiger partial charge in [-0.15, -0.1) is 11.3 Å². The summed E-state index contributed by atoms with van der Waals surface area (Å²) in [4.78, 5) is 26.2. The Labute approximate surface area is 179 Å². The predicted octanol–water partition coefficient (Wildman–Crippen LogP) is 4.84. The molecule has 0 fully saturated rings. The van der Waals surface area contributed by atoms with Gasteiger partial charge in [-0.1, -0.05) is 47.5 Å². The number of amides is 2. The van der Waals surface area contributed by atoms with Crippen LogP contribution in [0.3, 0.4) is 0 Å². The van der Waals surface area contributed by atoms with Crippen molar-refractivity contribution in [2.24, 2.45) is 0 Å². The SMILES string of the molecule is Cc1cccc(C(=O)N/C(=C\c2cccs2)C(=O)NCCc2ccc(Cl)cc2)c1. The number of benzene rings is 2. The summed E-state index contributed by atoms with van der Waals surface area (Å²) < 4.78 is 0. The molecule has 0 radical (unpaired) electrons. The lowest BCUT2D eigenvalue weighted by atomic mass is 10.1. The Kier molecular flexibility index (Phi) is 7.22. The molecule has 0 aliphatic rings. The number of hydrogen-bond donors (Lipinski definition) is 2. The van der Waals surface area contributed by atoms with Crippen molar-refractivity contribution in [3.05, 3.63) is 98.3 Å². The first-order chi connectivity index (χ1) is 14.0. The van der Waals surface area contributed by atoms with Gasteiger partial charge in [-0.25, -0.2) is 0 Å². The molecule has 0 spiro atoms. The molecular weight excluding hydrogens is 404 g/mol. The number of carbonyl (C=O) groups is 2. The zero-order valence-electron chi connectivity index (χ0n) is 15.9. The first-order valence-corrected chi connectivity index (χ1v) is 10.4. The molecular formula is C23H21ClN2O2S. The zero-order valence-corrected chi connectivity index (χ0v) is 17.5. The third kappa shape index (κ3) is 6.31. The molecule has 1 heterocycles. The van der Waals surface area contributed by atoms with Gasteiger partial charge in [0.1, 0.15) is 5.70 Å². The summed E-state index contributed by atoms with van der Waals surface area (Å²) in [5.41, 5.74) is 2.78. The van der Waals surface area contributed by atoms with Gasteiger partial charge in [0.2, 0.25) is 0 Å². The van der Waals surface area contributed by atoms with E-state index in [2.05, 4.69) is 10.6 Å². The molecule has 0 aliphatic heterocycles. The molecule has 0 saturated heterocycles. The predicted molar refractivity (Wildman–Crippen MR) is 119 cm³/mol. The zero-order chi connectivity index (χ0) is 20.6. The van der Waals surface area contributed by atoms with Gasteiger partial charge < -0.3 is 10.6 Å². The monoisotopic (exact) mass is 424 g/mol. The quantitative estimate of drug-likeness (QED) is 0.533. The van der Waals surface area contributed by atoms with Crippen LogP contribution < -0.4 is 10.6 Å². The van der Waals surface area contributed by atoms with Crippen molar-refractivity contribution < 1.29 is 9.59 Å².